The lowest BCUT2D eigenvalue weighted by Crippen LogP contribution is -1.99. The average molecular weight is 290 g/mol. The highest BCUT2D eigenvalue weighted by Crippen LogP contribution is 2.33. The standard InChI is InChI=1S/C15H12ClNO3/c16-12-5-10-3-4-19-15(10)11(6-12)9-20-14-2-1-13(8-18)17-7-14/h1-2,5-8H,3-4,9H2. The normalized spacial score (nSPS) is 12.7. The van der Waals surface area contributed by atoms with Gasteiger partial charge >= 0.3 is 0 Å². The number of ether oxygens (including phenoxy) is 2. The Morgan fingerprint density at radius 1 is 1.40 bits per heavy atom. The number of rotatable bonds is 4. The van der Waals surface area contributed by atoms with E-state index in [1.165, 1.54) is 6.20 Å². The molecule has 0 saturated carbocycles. The smallest absolute Gasteiger partial charge is 0.168 e. The van der Waals surface area contributed by atoms with Gasteiger partial charge in [0, 0.05) is 17.0 Å². The maximum absolute atomic E-state index is 10.5. The first-order valence-corrected chi connectivity index (χ1v) is 6.62. The predicted octanol–water partition coefficient (Wildman–Crippen LogP) is 3.06. The zero-order valence-corrected chi connectivity index (χ0v) is 11.4. The van der Waals surface area contributed by atoms with Crippen LogP contribution in [-0.2, 0) is 13.0 Å². The number of halogens is 1. The average Bonchev–Trinajstić information content (AvgIpc) is 2.93. The van der Waals surface area contributed by atoms with E-state index in [0.29, 0.717) is 36.0 Å². The molecule has 1 aliphatic heterocycles. The minimum absolute atomic E-state index is 0.352. The van der Waals surface area contributed by atoms with E-state index in [1.807, 2.05) is 12.1 Å². The minimum Gasteiger partial charge on any atom is -0.493 e. The van der Waals surface area contributed by atoms with Crippen LogP contribution >= 0.6 is 11.6 Å². The van der Waals surface area contributed by atoms with Crippen LogP contribution in [-0.4, -0.2) is 17.9 Å². The van der Waals surface area contributed by atoms with Crippen molar-refractivity contribution in [1.29, 1.82) is 0 Å². The van der Waals surface area contributed by atoms with E-state index >= 15 is 0 Å². The number of nitrogens with zero attached hydrogens (tertiary/aromatic N) is 1. The maximum Gasteiger partial charge on any atom is 0.168 e. The zero-order chi connectivity index (χ0) is 13.9. The lowest BCUT2D eigenvalue weighted by Gasteiger charge is -2.10. The van der Waals surface area contributed by atoms with E-state index in [2.05, 4.69) is 4.98 Å². The Balaban J connectivity index is 1.76. The maximum atomic E-state index is 10.5. The fourth-order valence-corrected chi connectivity index (χ4v) is 2.42. The van der Waals surface area contributed by atoms with Gasteiger partial charge in [-0.05, 0) is 29.8 Å². The van der Waals surface area contributed by atoms with Crippen molar-refractivity contribution in [3.05, 3.63) is 52.3 Å². The van der Waals surface area contributed by atoms with Crippen molar-refractivity contribution in [3.63, 3.8) is 0 Å². The van der Waals surface area contributed by atoms with Crippen molar-refractivity contribution >= 4 is 17.9 Å². The molecular formula is C15H12ClNO3. The van der Waals surface area contributed by atoms with Crippen molar-refractivity contribution in [3.8, 4) is 11.5 Å². The first kappa shape index (κ1) is 12.9. The molecule has 0 radical (unpaired) electrons. The second kappa shape index (κ2) is 5.51. The van der Waals surface area contributed by atoms with E-state index in [4.69, 9.17) is 21.1 Å². The van der Waals surface area contributed by atoms with E-state index in [-0.39, 0.29) is 0 Å². The highest BCUT2D eigenvalue weighted by molar-refractivity contribution is 6.30. The summed E-state index contributed by atoms with van der Waals surface area (Å²) >= 11 is 6.09. The third kappa shape index (κ3) is 2.60. The number of hydrogen-bond acceptors (Lipinski definition) is 4. The number of aromatic nitrogens is 1. The lowest BCUT2D eigenvalue weighted by atomic mass is 10.1. The van der Waals surface area contributed by atoms with Crippen LogP contribution in [0.25, 0.3) is 0 Å². The van der Waals surface area contributed by atoms with Crippen LogP contribution in [0.5, 0.6) is 11.5 Å². The van der Waals surface area contributed by atoms with E-state index in [0.717, 1.165) is 23.3 Å². The molecule has 0 saturated heterocycles. The number of pyridine rings is 1. The third-order valence-corrected chi connectivity index (χ3v) is 3.32. The second-order valence-electron chi connectivity index (χ2n) is 4.48. The van der Waals surface area contributed by atoms with Crippen LogP contribution in [0.1, 0.15) is 21.6 Å². The quantitative estimate of drug-likeness (QED) is 0.812. The molecule has 0 bridgehead atoms. The molecule has 0 aliphatic carbocycles. The minimum atomic E-state index is 0.352. The highest BCUT2D eigenvalue weighted by atomic mass is 35.5. The molecule has 0 unspecified atom stereocenters. The van der Waals surface area contributed by atoms with Crippen molar-refractivity contribution in [2.75, 3.05) is 6.61 Å². The second-order valence-corrected chi connectivity index (χ2v) is 4.91. The highest BCUT2D eigenvalue weighted by Gasteiger charge is 2.17. The Kier molecular flexibility index (Phi) is 3.56. The summed E-state index contributed by atoms with van der Waals surface area (Å²) in [5.74, 6) is 1.47. The third-order valence-electron chi connectivity index (χ3n) is 3.10. The molecule has 2 heterocycles. The van der Waals surface area contributed by atoms with Gasteiger partial charge in [-0.15, -0.1) is 0 Å². The number of carbonyl (C=O) groups is 1. The molecule has 0 N–H and O–H groups in total. The Morgan fingerprint density at radius 2 is 2.30 bits per heavy atom. The molecule has 4 nitrogen and oxygen atoms in total. The van der Waals surface area contributed by atoms with Gasteiger partial charge in [0.1, 0.15) is 23.8 Å². The van der Waals surface area contributed by atoms with E-state index in [1.54, 1.807) is 12.1 Å². The zero-order valence-electron chi connectivity index (χ0n) is 10.6. The van der Waals surface area contributed by atoms with Gasteiger partial charge in [0.2, 0.25) is 0 Å². The molecule has 0 amide bonds. The van der Waals surface area contributed by atoms with E-state index < -0.39 is 0 Å². The monoisotopic (exact) mass is 289 g/mol. The summed E-state index contributed by atoms with van der Waals surface area (Å²) in [6.07, 6.45) is 3.09. The molecular weight excluding hydrogens is 278 g/mol. The van der Waals surface area contributed by atoms with Crippen LogP contribution in [0.3, 0.4) is 0 Å². The van der Waals surface area contributed by atoms with Gasteiger partial charge in [0.15, 0.2) is 6.29 Å². The predicted molar refractivity (Wildman–Crippen MR) is 74.6 cm³/mol. The number of fused-ring (bicyclic) bond motifs is 1. The van der Waals surface area contributed by atoms with Crippen molar-refractivity contribution in [2.24, 2.45) is 0 Å². The molecule has 1 aliphatic rings. The Hall–Kier alpha value is -2.07. The fourth-order valence-electron chi connectivity index (χ4n) is 2.16. The Labute approximate surface area is 121 Å². The summed E-state index contributed by atoms with van der Waals surface area (Å²) in [6, 6.07) is 7.09. The summed E-state index contributed by atoms with van der Waals surface area (Å²) in [6.45, 7) is 1.03. The number of benzene rings is 1. The summed E-state index contributed by atoms with van der Waals surface area (Å²) in [7, 11) is 0. The van der Waals surface area contributed by atoms with Crippen LogP contribution in [0, 0.1) is 0 Å². The molecule has 0 atom stereocenters. The van der Waals surface area contributed by atoms with Crippen LogP contribution in [0.2, 0.25) is 5.02 Å². The van der Waals surface area contributed by atoms with Crippen molar-refractivity contribution in [1.82, 2.24) is 4.98 Å². The molecule has 20 heavy (non-hydrogen) atoms. The summed E-state index contributed by atoms with van der Waals surface area (Å²) < 4.78 is 11.3. The summed E-state index contributed by atoms with van der Waals surface area (Å²) in [4.78, 5) is 14.5. The fraction of sp³-hybridized carbons (Fsp3) is 0.200. The van der Waals surface area contributed by atoms with Gasteiger partial charge in [0.25, 0.3) is 0 Å². The summed E-state index contributed by atoms with van der Waals surface area (Å²) in [5, 5.41) is 0.683. The molecule has 2 aromatic rings. The lowest BCUT2D eigenvalue weighted by molar-refractivity contribution is 0.111. The first-order chi connectivity index (χ1) is 9.76. The molecule has 1 aromatic carbocycles. The van der Waals surface area contributed by atoms with E-state index in [9.17, 15) is 4.79 Å². The Bertz CT molecular complexity index is 640. The SMILES string of the molecule is O=Cc1ccc(OCc2cc(Cl)cc3c2OCC3)cn1. The van der Waals surface area contributed by atoms with Crippen LogP contribution < -0.4 is 9.47 Å². The molecule has 102 valence electrons. The van der Waals surface area contributed by atoms with Gasteiger partial charge in [0.05, 0.1) is 12.8 Å². The number of aldehydes is 1. The largest absolute Gasteiger partial charge is 0.493 e. The van der Waals surface area contributed by atoms with Crippen LogP contribution in [0.15, 0.2) is 30.5 Å². The van der Waals surface area contributed by atoms with Crippen molar-refractivity contribution in [2.45, 2.75) is 13.0 Å². The van der Waals surface area contributed by atoms with Gasteiger partial charge in [-0.3, -0.25) is 4.79 Å². The van der Waals surface area contributed by atoms with Crippen LogP contribution in [0.4, 0.5) is 0 Å². The van der Waals surface area contributed by atoms with Gasteiger partial charge in [-0.25, -0.2) is 4.98 Å². The molecule has 3 rings (SSSR count). The molecule has 0 fully saturated rings. The molecule has 1 aromatic heterocycles. The first-order valence-electron chi connectivity index (χ1n) is 6.24. The van der Waals surface area contributed by atoms with Gasteiger partial charge in [-0.1, -0.05) is 11.6 Å². The van der Waals surface area contributed by atoms with Gasteiger partial charge in [-0.2, -0.15) is 0 Å². The van der Waals surface area contributed by atoms with Crippen molar-refractivity contribution < 1.29 is 14.3 Å². The molecule has 5 heteroatoms. The number of hydrogen-bond donors (Lipinski definition) is 0. The number of carbonyl (C=O) groups excluding carboxylic acids is 1. The molecule has 0 spiro atoms. The Morgan fingerprint density at radius 3 is 3.05 bits per heavy atom. The topological polar surface area (TPSA) is 48.4 Å². The summed E-state index contributed by atoms with van der Waals surface area (Å²) in [5.41, 5.74) is 2.42. The van der Waals surface area contributed by atoms with Gasteiger partial charge < -0.3 is 9.47 Å².